The van der Waals surface area contributed by atoms with Crippen molar-refractivity contribution < 1.29 is 13.5 Å². The summed E-state index contributed by atoms with van der Waals surface area (Å²) in [6.07, 6.45) is 1.87. The minimum atomic E-state index is -3.45. The molecule has 2 unspecified atom stereocenters. The predicted molar refractivity (Wildman–Crippen MR) is 74.1 cm³/mol. The number of nitrogens with one attached hydrogen (secondary N) is 1. The monoisotopic (exact) mass is 291 g/mol. The Morgan fingerprint density at radius 2 is 2.11 bits per heavy atom. The van der Waals surface area contributed by atoms with E-state index >= 15 is 0 Å². The van der Waals surface area contributed by atoms with Crippen LogP contribution in [0, 0.1) is 5.92 Å². The molecule has 6 heteroatoms. The van der Waals surface area contributed by atoms with Gasteiger partial charge in [-0.3, -0.25) is 0 Å². The molecule has 1 rings (SSSR count). The van der Waals surface area contributed by atoms with Gasteiger partial charge in [0.05, 0.1) is 6.61 Å². The largest absolute Gasteiger partial charge is 0.392 e. The van der Waals surface area contributed by atoms with E-state index in [-0.39, 0.29) is 16.9 Å². The first kappa shape index (κ1) is 15.6. The van der Waals surface area contributed by atoms with Crippen molar-refractivity contribution in [3.05, 3.63) is 17.0 Å². The molecule has 0 aliphatic rings. The molecule has 0 radical (unpaired) electrons. The van der Waals surface area contributed by atoms with Gasteiger partial charge in [-0.2, -0.15) is 0 Å². The van der Waals surface area contributed by atoms with Crippen LogP contribution in [0.25, 0.3) is 0 Å². The molecule has 0 saturated heterocycles. The number of aliphatic hydroxyl groups is 1. The molecule has 104 valence electrons. The van der Waals surface area contributed by atoms with Crippen molar-refractivity contribution in [3.8, 4) is 0 Å². The summed E-state index contributed by atoms with van der Waals surface area (Å²) in [6.45, 7) is 5.96. The van der Waals surface area contributed by atoms with E-state index < -0.39 is 10.0 Å². The summed E-state index contributed by atoms with van der Waals surface area (Å²) < 4.78 is 27.1. The fraction of sp³-hybridized carbons (Fsp3) is 0.667. The zero-order chi connectivity index (χ0) is 13.8. The molecule has 2 N–H and O–H groups in total. The van der Waals surface area contributed by atoms with Crippen LogP contribution < -0.4 is 4.72 Å². The maximum absolute atomic E-state index is 12.1. The van der Waals surface area contributed by atoms with Crippen molar-refractivity contribution >= 4 is 21.4 Å². The topological polar surface area (TPSA) is 66.4 Å². The summed E-state index contributed by atoms with van der Waals surface area (Å²) in [5, 5.41) is 10.6. The normalized spacial score (nSPS) is 15.6. The zero-order valence-corrected chi connectivity index (χ0v) is 12.6. The highest BCUT2D eigenvalue weighted by atomic mass is 32.2. The Labute approximate surface area is 113 Å². The van der Waals surface area contributed by atoms with Crippen molar-refractivity contribution in [2.45, 2.75) is 50.5 Å². The number of hydrogen-bond acceptors (Lipinski definition) is 4. The molecule has 0 saturated carbocycles. The van der Waals surface area contributed by atoms with Crippen molar-refractivity contribution in [1.29, 1.82) is 0 Å². The highest BCUT2D eigenvalue weighted by Gasteiger charge is 2.20. The third-order valence-corrected chi connectivity index (χ3v) is 5.96. The molecule has 0 aliphatic heterocycles. The van der Waals surface area contributed by atoms with Gasteiger partial charge in [0.15, 0.2) is 0 Å². The van der Waals surface area contributed by atoms with Crippen LogP contribution in [0.1, 0.15) is 39.2 Å². The van der Waals surface area contributed by atoms with E-state index in [1.54, 1.807) is 5.38 Å². The number of sulfonamides is 1. The first-order chi connectivity index (χ1) is 8.39. The minimum Gasteiger partial charge on any atom is -0.392 e. The first-order valence-corrected chi connectivity index (χ1v) is 8.46. The highest BCUT2D eigenvalue weighted by molar-refractivity contribution is 7.91. The van der Waals surface area contributed by atoms with Crippen molar-refractivity contribution in [2.24, 2.45) is 5.92 Å². The summed E-state index contributed by atoms with van der Waals surface area (Å²) in [5.74, 6) is 0.499. The van der Waals surface area contributed by atoms with Crippen molar-refractivity contribution in [3.63, 3.8) is 0 Å². The first-order valence-electron chi connectivity index (χ1n) is 6.09. The van der Waals surface area contributed by atoms with Gasteiger partial charge >= 0.3 is 0 Å². The highest BCUT2D eigenvalue weighted by Crippen LogP contribution is 2.21. The van der Waals surface area contributed by atoms with E-state index in [1.807, 2.05) is 6.92 Å². The number of rotatable bonds is 7. The zero-order valence-electron chi connectivity index (χ0n) is 11.0. The second-order valence-electron chi connectivity index (χ2n) is 4.70. The van der Waals surface area contributed by atoms with Gasteiger partial charge in [0.1, 0.15) is 4.21 Å². The third kappa shape index (κ3) is 4.35. The SMILES string of the molecule is CCC(C)CC(C)NS(=O)(=O)c1cc(CO)cs1. The number of hydrogen-bond donors (Lipinski definition) is 2. The van der Waals surface area contributed by atoms with Crippen LogP contribution in [-0.4, -0.2) is 19.6 Å². The Bertz CT molecular complexity index is 467. The molecule has 0 fully saturated rings. The van der Waals surface area contributed by atoms with Crippen LogP contribution in [0.4, 0.5) is 0 Å². The van der Waals surface area contributed by atoms with E-state index in [2.05, 4.69) is 18.6 Å². The van der Waals surface area contributed by atoms with E-state index in [9.17, 15) is 8.42 Å². The Morgan fingerprint density at radius 1 is 1.44 bits per heavy atom. The van der Waals surface area contributed by atoms with E-state index in [0.29, 0.717) is 11.5 Å². The lowest BCUT2D eigenvalue weighted by molar-refractivity contribution is 0.282. The third-order valence-electron chi connectivity index (χ3n) is 2.89. The van der Waals surface area contributed by atoms with Crippen LogP contribution >= 0.6 is 11.3 Å². The van der Waals surface area contributed by atoms with Gasteiger partial charge in [0.25, 0.3) is 0 Å². The van der Waals surface area contributed by atoms with Gasteiger partial charge in [0.2, 0.25) is 10.0 Å². The standard InChI is InChI=1S/C12H21NO3S2/c1-4-9(2)5-10(3)13-18(15,16)12-6-11(7-14)8-17-12/h6,8-10,13-14H,4-5,7H2,1-3H3. The lowest BCUT2D eigenvalue weighted by Gasteiger charge is -2.16. The number of aliphatic hydroxyl groups excluding tert-OH is 1. The van der Waals surface area contributed by atoms with Crippen LogP contribution in [0.3, 0.4) is 0 Å². The Hall–Kier alpha value is -0.430. The van der Waals surface area contributed by atoms with Gasteiger partial charge in [-0.1, -0.05) is 20.3 Å². The van der Waals surface area contributed by atoms with Gasteiger partial charge < -0.3 is 5.11 Å². The molecule has 1 aromatic heterocycles. The molecule has 0 aromatic carbocycles. The second-order valence-corrected chi connectivity index (χ2v) is 7.56. The maximum atomic E-state index is 12.1. The summed E-state index contributed by atoms with van der Waals surface area (Å²) in [4.78, 5) is 0. The molecule has 0 amide bonds. The number of thiophene rings is 1. The molecular formula is C12H21NO3S2. The Balaban J connectivity index is 2.69. The molecule has 18 heavy (non-hydrogen) atoms. The average molecular weight is 291 g/mol. The Kier molecular flexibility index (Phi) is 5.78. The molecule has 2 atom stereocenters. The molecule has 0 aliphatic carbocycles. The van der Waals surface area contributed by atoms with Crippen molar-refractivity contribution in [2.75, 3.05) is 0 Å². The molecule has 1 aromatic rings. The quantitative estimate of drug-likeness (QED) is 0.810. The van der Waals surface area contributed by atoms with Gasteiger partial charge in [-0.15, -0.1) is 11.3 Å². The van der Waals surface area contributed by atoms with Crippen molar-refractivity contribution in [1.82, 2.24) is 4.72 Å². The molecular weight excluding hydrogens is 270 g/mol. The van der Waals surface area contributed by atoms with E-state index in [0.717, 1.165) is 24.2 Å². The fourth-order valence-electron chi connectivity index (χ4n) is 1.72. The lowest BCUT2D eigenvalue weighted by Crippen LogP contribution is -2.33. The fourth-order valence-corrected chi connectivity index (χ4v) is 4.19. The smallest absolute Gasteiger partial charge is 0.250 e. The van der Waals surface area contributed by atoms with Crippen LogP contribution in [-0.2, 0) is 16.6 Å². The molecule has 4 nitrogen and oxygen atoms in total. The molecule has 0 spiro atoms. The summed E-state index contributed by atoms with van der Waals surface area (Å²) in [6, 6.07) is 1.44. The van der Waals surface area contributed by atoms with Gasteiger partial charge in [0, 0.05) is 6.04 Å². The molecule has 1 heterocycles. The minimum absolute atomic E-state index is 0.0790. The second kappa shape index (κ2) is 6.65. The Morgan fingerprint density at radius 3 is 2.61 bits per heavy atom. The van der Waals surface area contributed by atoms with Gasteiger partial charge in [-0.25, -0.2) is 13.1 Å². The van der Waals surface area contributed by atoms with Crippen LogP contribution in [0.5, 0.6) is 0 Å². The summed E-state index contributed by atoms with van der Waals surface area (Å²) >= 11 is 1.14. The maximum Gasteiger partial charge on any atom is 0.250 e. The predicted octanol–water partition coefficient (Wildman–Crippen LogP) is 2.34. The van der Waals surface area contributed by atoms with Crippen LogP contribution in [0.2, 0.25) is 0 Å². The molecule has 0 bridgehead atoms. The van der Waals surface area contributed by atoms with Crippen LogP contribution in [0.15, 0.2) is 15.7 Å². The summed E-state index contributed by atoms with van der Waals surface area (Å²) in [5.41, 5.74) is 0.634. The average Bonchev–Trinajstić information content (AvgIpc) is 2.77. The lowest BCUT2D eigenvalue weighted by atomic mass is 10.0. The summed E-state index contributed by atoms with van der Waals surface area (Å²) in [7, 11) is -3.45. The van der Waals surface area contributed by atoms with E-state index in [1.165, 1.54) is 6.07 Å². The van der Waals surface area contributed by atoms with E-state index in [4.69, 9.17) is 5.11 Å². The van der Waals surface area contributed by atoms with Gasteiger partial charge in [-0.05, 0) is 36.3 Å².